The molecule has 4 aliphatic rings. The highest BCUT2D eigenvalue weighted by atomic mass is 16.3. The fourth-order valence-electron chi connectivity index (χ4n) is 10.9. The van der Waals surface area contributed by atoms with Crippen LogP contribution in [0.25, 0.3) is 0 Å². The van der Waals surface area contributed by atoms with Crippen molar-refractivity contribution in [3.8, 4) is 0 Å². The lowest BCUT2D eigenvalue weighted by atomic mass is 9.34. The van der Waals surface area contributed by atoms with Crippen LogP contribution >= 0.6 is 0 Å². The van der Waals surface area contributed by atoms with Gasteiger partial charge in [-0.25, -0.2) is 0 Å². The molecule has 0 bridgehead atoms. The van der Waals surface area contributed by atoms with Crippen LogP contribution < -0.4 is 0 Å². The lowest BCUT2D eigenvalue weighted by Gasteiger charge is -2.71. The predicted molar refractivity (Wildman–Crippen MR) is 149 cm³/mol. The first-order valence-electron chi connectivity index (χ1n) is 15.0. The monoisotopic (exact) mass is 536 g/mol. The van der Waals surface area contributed by atoms with Crippen LogP contribution in [-0.4, -0.2) is 68.3 Å². The van der Waals surface area contributed by atoms with E-state index in [0.717, 1.165) is 32.1 Å². The van der Waals surface area contributed by atoms with Crippen molar-refractivity contribution >= 4 is 0 Å². The van der Waals surface area contributed by atoms with Gasteiger partial charge in [0.1, 0.15) is 0 Å². The molecule has 4 aliphatic carbocycles. The Morgan fingerprint density at radius 2 is 1.42 bits per heavy atom. The van der Waals surface area contributed by atoms with Crippen molar-refractivity contribution in [2.75, 3.05) is 13.2 Å². The van der Waals surface area contributed by atoms with Crippen LogP contribution in [0.2, 0.25) is 0 Å². The molecule has 0 saturated heterocycles. The largest absolute Gasteiger partial charge is 0.396 e. The van der Waals surface area contributed by atoms with Gasteiger partial charge in [0, 0.05) is 10.8 Å². The molecule has 6 nitrogen and oxygen atoms in total. The van der Waals surface area contributed by atoms with E-state index in [1.54, 1.807) is 0 Å². The zero-order valence-electron chi connectivity index (χ0n) is 25.0. The second-order valence-corrected chi connectivity index (χ2v) is 15.7. The average Bonchev–Trinajstić information content (AvgIpc) is 2.86. The Bertz CT molecular complexity index is 906. The molecule has 0 spiro atoms. The van der Waals surface area contributed by atoms with E-state index >= 15 is 0 Å². The van der Waals surface area contributed by atoms with Gasteiger partial charge in [-0.1, -0.05) is 54.5 Å². The first-order valence-corrected chi connectivity index (χ1v) is 15.0. The van der Waals surface area contributed by atoms with Crippen LogP contribution in [-0.2, 0) is 0 Å². The van der Waals surface area contributed by atoms with E-state index in [0.29, 0.717) is 12.8 Å². The molecule has 220 valence electrons. The topological polar surface area (TPSA) is 121 Å². The maximum absolute atomic E-state index is 12.1. The summed E-state index contributed by atoms with van der Waals surface area (Å²) in [6.07, 6.45) is 3.39. The third-order valence-corrected chi connectivity index (χ3v) is 14.1. The molecule has 13 atom stereocenters. The summed E-state index contributed by atoms with van der Waals surface area (Å²) < 4.78 is 0. The van der Waals surface area contributed by atoms with Gasteiger partial charge in [-0.05, 0) is 84.9 Å². The van der Waals surface area contributed by atoms with Crippen LogP contribution in [0.3, 0.4) is 0 Å². The summed E-state index contributed by atoms with van der Waals surface area (Å²) in [6, 6.07) is 0. The Balaban J connectivity index is 1.82. The Labute approximate surface area is 230 Å². The van der Waals surface area contributed by atoms with Crippen LogP contribution in [0, 0.1) is 56.2 Å². The highest BCUT2D eigenvalue weighted by Crippen LogP contribution is 2.73. The Morgan fingerprint density at radius 1 is 0.789 bits per heavy atom. The van der Waals surface area contributed by atoms with Crippen LogP contribution in [0.5, 0.6) is 0 Å². The van der Waals surface area contributed by atoms with E-state index in [-0.39, 0.29) is 53.1 Å². The van der Waals surface area contributed by atoms with Gasteiger partial charge in [-0.3, -0.25) is 0 Å². The molecule has 4 fully saturated rings. The lowest BCUT2D eigenvalue weighted by Crippen LogP contribution is -2.73. The van der Waals surface area contributed by atoms with Crippen molar-refractivity contribution in [2.24, 2.45) is 56.2 Å². The minimum atomic E-state index is -1.24. The van der Waals surface area contributed by atoms with Crippen molar-refractivity contribution < 1.29 is 30.6 Å². The minimum Gasteiger partial charge on any atom is -0.396 e. The van der Waals surface area contributed by atoms with Crippen molar-refractivity contribution in [1.82, 2.24) is 0 Å². The smallest absolute Gasteiger partial charge is 0.0910 e. The number of allylic oxidation sites excluding steroid dienone is 1. The highest BCUT2D eigenvalue weighted by molar-refractivity contribution is 5.21. The molecule has 38 heavy (non-hydrogen) atoms. The molecule has 0 aromatic heterocycles. The lowest BCUT2D eigenvalue weighted by molar-refractivity contribution is -0.301. The molecule has 3 unspecified atom stereocenters. The first-order chi connectivity index (χ1) is 17.5. The minimum absolute atomic E-state index is 0.0587. The van der Waals surface area contributed by atoms with E-state index in [4.69, 9.17) is 0 Å². The normalized spacial score (nSPS) is 56.6. The van der Waals surface area contributed by atoms with Crippen LogP contribution in [0.15, 0.2) is 12.7 Å². The highest BCUT2D eigenvalue weighted by Gasteiger charge is 2.72. The Morgan fingerprint density at radius 3 is 1.97 bits per heavy atom. The van der Waals surface area contributed by atoms with Gasteiger partial charge in [0.2, 0.25) is 0 Å². The summed E-state index contributed by atoms with van der Waals surface area (Å²) in [5, 5.41) is 67.7. The Hall–Kier alpha value is -0.500. The van der Waals surface area contributed by atoms with Gasteiger partial charge >= 0.3 is 0 Å². The number of hydrogen-bond acceptors (Lipinski definition) is 6. The van der Waals surface area contributed by atoms with E-state index in [1.165, 1.54) is 0 Å². The maximum Gasteiger partial charge on any atom is 0.0910 e. The average molecular weight is 537 g/mol. The molecule has 4 rings (SSSR count). The number of hydrogen-bond donors (Lipinski definition) is 6. The molecule has 0 aromatic carbocycles. The van der Waals surface area contributed by atoms with Crippen molar-refractivity contribution in [1.29, 1.82) is 0 Å². The summed E-state index contributed by atoms with van der Waals surface area (Å²) >= 11 is 0. The van der Waals surface area contributed by atoms with Gasteiger partial charge in [0.05, 0.1) is 43.0 Å². The fraction of sp³-hybridized carbons (Fsp3) is 0.938. The quantitative estimate of drug-likeness (QED) is 0.296. The second-order valence-electron chi connectivity index (χ2n) is 15.7. The molecular weight excluding hydrogens is 480 g/mol. The van der Waals surface area contributed by atoms with Crippen LogP contribution in [0.4, 0.5) is 0 Å². The number of aliphatic hydroxyl groups is 6. The van der Waals surface area contributed by atoms with E-state index in [9.17, 15) is 30.6 Å². The zero-order valence-corrected chi connectivity index (χ0v) is 25.0. The van der Waals surface area contributed by atoms with Gasteiger partial charge in [0.15, 0.2) is 0 Å². The first kappa shape index (κ1) is 30.5. The molecule has 0 radical (unpaired) electrons. The van der Waals surface area contributed by atoms with Crippen LogP contribution in [0.1, 0.15) is 93.4 Å². The Kier molecular flexibility index (Phi) is 7.63. The van der Waals surface area contributed by atoms with Gasteiger partial charge in [-0.15, -0.1) is 6.58 Å². The zero-order chi connectivity index (χ0) is 28.7. The summed E-state index contributed by atoms with van der Waals surface area (Å²) in [6.45, 7) is 18.8. The third kappa shape index (κ3) is 3.66. The molecule has 4 saturated carbocycles. The number of aliphatic hydroxyl groups excluding tert-OH is 6. The third-order valence-electron chi connectivity index (χ3n) is 14.1. The molecule has 6 heteroatoms. The molecule has 0 aliphatic heterocycles. The number of fused-ring (bicyclic) bond motifs is 2. The summed E-state index contributed by atoms with van der Waals surface area (Å²) in [4.78, 5) is 0. The van der Waals surface area contributed by atoms with Crippen molar-refractivity contribution in [2.45, 2.75) is 118 Å². The second kappa shape index (κ2) is 9.52. The molecule has 0 amide bonds. The summed E-state index contributed by atoms with van der Waals surface area (Å²) in [5.41, 5.74) is -3.12. The van der Waals surface area contributed by atoms with Gasteiger partial charge in [0.25, 0.3) is 0 Å². The number of rotatable bonds is 5. The van der Waals surface area contributed by atoms with Gasteiger partial charge < -0.3 is 30.6 Å². The SMILES string of the molecule is C=CCC1[C@@]2(C)CC[C@H](O)[C@](C)(CO)C2CC[C@@]1(C)[C@@]1(C)CC2CC(C)(C)[C@@H](C)[C@H](O)[C@]2(CO)[C@H](O)[C@@H]1O. The fourth-order valence-corrected chi connectivity index (χ4v) is 10.9. The van der Waals surface area contributed by atoms with Crippen molar-refractivity contribution in [3.63, 3.8) is 0 Å². The van der Waals surface area contributed by atoms with E-state index in [1.807, 2.05) is 19.9 Å². The maximum atomic E-state index is 12.1. The molecule has 0 aromatic rings. The molecule has 6 N–H and O–H groups in total. The summed E-state index contributed by atoms with van der Waals surface area (Å²) in [5.74, 6) is -0.0116. The molecular formula is C32H56O6. The standard InChI is InChI=1S/C32H56O6/c1-9-10-22-28(5)13-12-23(35)29(6,17-33)21(28)11-14-30(22,7)31(8)16-20-15-27(3,4)19(2)24(36)32(20,18-34)26(38)25(31)37/h9,19-26,33-38H,1,10-18H2,2-8H3/t19-,20?,21?,22?,23-,24-,25-,26+,28-,29+,30+,31-,32+/m0/s1. The van der Waals surface area contributed by atoms with E-state index < -0.39 is 40.7 Å². The summed E-state index contributed by atoms with van der Waals surface area (Å²) in [7, 11) is 0. The molecule has 0 heterocycles. The predicted octanol–water partition coefficient (Wildman–Crippen LogP) is 3.91. The van der Waals surface area contributed by atoms with Gasteiger partial charge in [-0.2, -0.15) is 0 Å². The van der Waals surface area contributed by atoms with Crippen molar-refractivity contribution in [3.05, 3.63) is 12.7 Å². The van der Waals surface area contributed by atoms with E-state index in [2.05, 4.69) is 41.2 Å².